The molecule has 3 aromatic rings. The van der Waals surface area contributed by atoms with E-state index < -0.39 is 16.1 Å². The molecule has 0 saturated carbocycles. The van der Waals surface area contributed by atoms with E-state index in [1.807, 2.05) is 6.92 Å². The van der Waals surface area contributed by atoms with Crippen LogP contribution >= 0.6 is 23.2 Å². The minimum absolute atomic E-state index is 0.127. The van der Waals surface area contributed by atoms with Crippen molar-refractivity contribution in [3.05, 3.63) is 82.3 Å². The minimum Gasteiger partial charge on any atom is -0.493 e. The van der Waals surface area contributed by atoms with Gasteiger partial charge in [0.15, 0.2) is 11.5 Å². The lowest BCUT2D eigenvalue weighted by Gasteiger charge is -2.31. The number of hydrogen-bond donors (Lipinski definition) is 0. The van der Waals surface area contributed by atoms with Crippen LogP contribution in [0.15, 0.2) is 71.6 Å². The molecule has 158 valence electrons. The van der Waals surface area contributed by atoms with Crippen LogP contribution in [0, 0.1) is 0 Å². The summed E-state index contributed by atoms with van der Waals surface area (Å²) in [6, 6.07) is 17.6. The average molecular weight is 466 g/mol. The lowest BCUT2D eigenvalue weighted by molar-refractivity contribution is 0.355. The first-order chi connectivity index (χ1) is 14.3. The third-order valence-corrected chi connectivity index (χ3v) is 7.11. The van der Waals surface area contributed by atoms with E-state index in [4.69, 9.17) is 32.7 Å². The highest BCUT2D eigenvalue weighted by atomic mass is 35.5. The normalized spacial score (nSPS) is 12.3. The fourth-order valence-corrected chi connectivity index (χ4v) is 5.02. The molecule has 0 N–H and O–H groups in total. The molecular weight excluding hydrogens is 445 g/mol. The van der Waals surface area contributed by atoms with Gasteiger partial charge < -0.3 is 9.47 Å². The van der Waals surface area contributed by atoms with Gasteiger partial charge in [0.2, 0.25) is 0 Å². The third kappa shape index (κ3) is 4.51. The summed E-state index contributed by atoms with van der Waals surface area (Å²) in [5, 5.41) is 1.03. The van der Waals surface area contributed by atoms with Gasteiger partial charge in [-0.3, -0.25) is 4.31 Å². The fourth-order valence-electron chi connectivity index (χ4n) is 3.13. The first-order valence-corrected chi connectivity index (χ1v) is 11.2. The Hall–Kier alpha value is -2.41. The molecule has 1 atom stereocenters. The van der Waals surface area contributed by atoms with Gasteiger partial charge in [-0.2, -0.15) is 0 Å². The van der Waals surface area contributed by atoms with Gasteiger partial charge in [0.1, 0.15) is 0 Å². The molecule has 0 radical (unpaired) electrons. The average Bonchev–Trinajstić information content (AvgIpc) is 2.74. The Morgan fingerprint density at radius 2 is 1.33 bits per heavy atom. The molecule has 0 spiro atoms. The van der Waals surface area contributed by atoms with Crippen LogP contribution in [0.1, 0.15) is 18.5 Å². The van der Waals surface area contributed by atoms with Gasteiger partial charge >= 0.3 is 0 Å². The number of hydrogen-bond acceptors (Lipinski definition) is 4. The van der Waals surface area contributed by atoms with E-state index in [0.717, 1.165) is 5.56 Å². The summed E-state index contributed by atoms with van der Waals surface area (Å²) in [4.78, 5) is 0.127. The summed E-state index contributed by atoms with van der Waals surface area (Å²) < 4.78 is 39.3. The van der Waals surface area contributed by atoms with Gasteiger partial charge in [-0.25, -0.2) is 8.42 Å². The van der Waals surface area contributed by atoms with Crippen LogP contribution in [0.4, 0.5) is 5.69 Å². The van der Waals surface area contributed by atoms with Crippen LogP contribution in [-0.4, -0.2) is 22.6 Å². The number of nitrogens with zero attached hydrogens (tertiary/aromatic N) is 1. The van der Waals surface area contributed by atoms with E-state index in [0.29, 0.717) is 27.2 Å². The van der Waals surface area contributed by atoms with Crippen molar-refractivity contribution in [2.45, 2.75) is 17.9 Å². The Bertz CT molecular complexity index is 1120. The second-order valence-electron chi connectivity index (χ2n) is 6.52. The maximum Gasteiger partial charge on any atom is 0.264 e. The van der Waals surface area contributed by atoms with Crippen LogP contribution < -0.4 is 13.8 Å². The molecule has 8 heteroatoms. The second-order valence-corrected chi connectivity index (χ2v) is 9.21. The molecule has 0 aliphatic carbocycles. The third-order valence-electron chi connectivity index (χ3n) is 4.70. The summed E-state index contributed by atoms with van der Waals surface area (Å²) in [6.07, 6.45) is 0. The topological polar surface area (TPSA) is 55.8 Å². The van der Waals surface area contributed by atoms with Crippen molar-refractivity contribution in [2.75, 3.05) is 18.5 Å². The number of anilines is 1. The minimum atomic E-state index is -3.93. The van der Waals surface area contributed by atoms with Crippen LogP contribution in [0.25, 0.3) is 0 Å². The first kappa shape index (κ1) is 22.3. The van der Waals surface area contributed by atoms with Crippen molar-refractivity contribution in [2.24, 2.45) is 0 Å². The van der Waals surface area contributed by atoms with Crippen LogP contribution in [0.5, 0.6) is 11.5 Å². The maximum atomic E-state index is 13.7. The largest absolute Gasteiger partial charge is 0.493 e. The predicted octanol–water partition coefficient (Wildman–Crippen LogP) is 5.97. The molecule has 0 bridgehead atoms. The quantitative estimate of drug-likeness (QED) is 0.431. The standard InChI is InChI=1S/C22H21Cl2NO4S/c1-15(16-4-6-17(23)7-5-16)25(19-10-13-21(28-2)22(14-19)29-3)30(26,27)20-11-8-18(24)9-12-20/h4-15H,1-3H3. The first-order valence-electron chi connectivity index (χ1n) is 9.05. The SMILES string of the molecule is COc1ccc(N(C(C)c2ccc(Cl)cc2)S(=O)(=O)c2ccc(Cl)cc2)cc1OC. The van der Waals surface area contributed by atoms with E-state index in [1.165, 1.54) is 30.7 Å². The predicted molar refractivity (Wildman–Crippen MR) is 121 cm³/mol. The second kappa shape index (κ2) is 9.16. The molecular formula is C22H21Cl2NO4S. The van der Waals surface area contributed by atoms with Crippen molar-refractivity contribution in [1.29, 1.82) is 0 Å². The molecule has 0 amide bonds. The monoisotopic (exact) mass is 465 g/mol. The number of sulfonamides is 1. The van der Waals surface area contributed by atoms with Crippen LogP contribution in [0.3, 0.4) is 0 Å². The Labute approximate surface area is 186 Å². The van der Waals surface area contributed by atoms with Gasteiger partial charge in [-0.05, 0) is 61.0 Å². The van der Waals surface area contributed by atoms with E-state index in [2.05, 4.69) is 0 Å². The Morgan fingerprint density at radius 3 is 1.87 bits per heavy atom. The zero-order valence-electron chi connectivity index (χ0n) is 16.7. The van der Waals surface area contributed by atoms with Crippen molar-refractivity contribution < 1.29 is 17.9 Å². The molecule has 0 heterocycles. The van der Waals surface area contributed by atoms with Crippen molar-refractivity contribution in [1.82, 2.24) is 0 Å². The summed E-state index contributed by atoms with van der Waals surface area (Å²) in [5.74, 6) is 0.929. The molecule has 3 aromatic carbocycles. The van der Waals surface area contributed by atoms with E-state index in [-0.39, 0.29) is 4.90 Å². The fraction of sp³-hybridized carbons (Fsp3) is 0.182. The molecule has 3 rings (SSSR count). The van der Waals surface area contributed by atoms with Gasteiger partial charge in [0.25, 0.3) is 10.0 Å². The Balaban J connectivity index is 2.18. The van der Waals surface area contributed by atoms with Gasteiger partial charge in [0.05, 0.1) is 30.8 Å². The van der Waals surface area contributed by atoms with Crippen molar-refractivity contribution >= 4 is 38.9 Å². The zero-order valence-corrected chi connectivity index (χ0v) is 19.0. The van der Waals surface area contributed by atoms with Gasteiger partial charge in [-0.15, -0.1) is 0 Å². The summed E-state index contributed by atoms with van der Waals surface area (Å²) in [5.41, 5.74) is 1.22. The molecule has 0 fully saturated rings. The smallest absolute Gasteiger partial charge is 0.264 e. The number of benzene rings is 3. The Morgan fingerprint density at radius 1 is 0.800 bits per heavy atom. The molecule has 0 aromatic heterocycles. The molecule has 0 aliphatic rings. The summed E-state index contributed by atoms with van der Waals surface area (Å²) >= 11 is 12.0. The molecule has 1 unspecified atom stereocenters. The van der Waals surface area contributed by atoms with E-state index in [1.54, 1.807) is 54.6 Å². The number of rotatable bonds is 7. The zero-order chi connectivity index (χ0) is 21.9. The highest BCUT2D eigenvalue weighted by molar-refractivity contribution is 7.92. The number of methoxy groups -OCH3 is 2. The highest BCUT2D eigenvalue weighted by Gasteiger charge is 2.31. The van der Waals surface area contributed by atoms with Gasteiger partial charge in [-0.1, -0.05) is 35.3 Å². The van der Waals surface area contributed by atoms with Gasteiger partial charge in [0, 0.05) is 16.1 Å². The van der Waals surface area contributed by atoms with Crippen LogP contribution in [-0.2, 0) is 10.0 Å². The highest BCUT2D eigenvalue weighted by Crippen LogP contribution is 2.38. The lowest BCUT2D eigenvalue weighted by atomic mass is 10.1. The van der Waals surface area contributed by atoms with Crippen LogP contribution in [0.2, 0.25) is 10.0 Å². The molecule has 0 aliphatic heterocycles. The molecule has 5 nitrogen and oxygen atoms in total. The lowest BCUT2D eigenvalue weighted by Crippen LogP contribution is -2.33. The molecule has 0 saturated heterocycles. The maximum absolute atomic E-state index is 13.7. The summed E-state index contributed by atoms with van der Waals surface area (Å²) in [7, 11) is -0.901. The van der Waals surface area contributed by atoms with Crippen molar-refractivity contribution in [3.8, 4) is 11.5 Å². The number of ether oxygens (including phenoxy) is 2. The number of halogens is 2. The van der Waals surface area contributed by atoms with E-state index >= 15 is 0 Å². The van der Waals surface area contributed by atoms with Crippen molar-refractivity contribution in [3.63, 3.8) is 0 Å². The Kier molecular flexibility index (Phi) is 6.81. The van der Waals surface area contributed by atoms with E-state index in [9.17, 15) is 8.42 Å². The molecule has 30 heavy (non-hydrogen) atoms. The summed E-state index contributed by atoms with van der Waals surface area (Å²) in [6.45, 7) is 1.81.